The van der Waals surface area contributed by atoms with Gasteiger partial charge in [0.25, 0.3) is 5.91 Å². The number of halogens is 1. The van der Waals surface area contributed by atoms with Gasteiger partial charge in [0.2, 0.25) is 10.0 Å². The van der Waals surface area contributed by atoms with E-state index in [0.717, 1.165) is 6.20 Å². The highest BCUT2D eigenvalue weighted by Gasteiger charge is 2.34. The average molecular weight is 392 g/mol. The van der Waals surface area contributed by atoms with Crippen LogP contribution < -0.4 is 5.73 Å². The fraction of sp³-hybridized carbons (Fsp3) is 0.333. The van der Waals surface area contributed by atoms with Crippen molar-refractivity contribution in [3.05, 3.63) is 48.7 Å². The molecular weight excluding hydrogens is 371 g/mol. The van der Waals surface area contributed by atoms with Gasteiger partial charge in [0.1, 0.15) is 0 Å². The van der Waals surface area contributed by atoms with Crippen LogP contribution in [0.1, 0.15) is 13.3 Å². The maximum atomic E-state index is 14.4. The Morgan fingerprint density at radius 2 is 2.07 bits per heavy atom. The lowest BCUT2D eigenvalue weighted by Gasteiger charge is -2.28. The first kappa shape index (κ1) is 19.2. The molecule has 2 N–H and O–H groups in total. The van der Waals surface area contributed by atoms with Crippen molar-refractivity contribution in [1.82, 2.24) is 14.2 Å². The Kier molecular flexibility index (Phi) is 5.16. The summed E-state index contributed by atoms with van der Waals surface area (Å²) in [5, 5.41) is 0.432. The molecule has 1 aliphatic rings. The van der Waals surface area contributed by atoms with Crippen molar-refractivity contribution in [2.75, 3.05) is 19.6 Å². The summed E-state index contributed by atoms with van der Waals surface area (Å²) in [6.07, 6.45) is 2.87. The predicted molar refractivity (Wildman–Crippen MR) is 99.6 cm³/mol. The van der Waals surface area contributed by atoms with Crippen molar-refractivity contribution < 1.29 is 17.6 Å². The molecule has 1 amide bonds. The Morgan fingerprint density at radius 1 is 1.33 bits per heavy atom. The summed E-state index contributed by atoms with van der Waals surface area (Å²) in [6.45, 7) is 5.94. The van der Waals surface area contributed by atoms with E-state index in [4.69, 9.17) is 5.73 Å². The number of carbonyl (C=O) groups excluding carboxylic acids is 1. The normalized spacial score (nSPS) is 19.0. The van der Waals surface area contributed by atoms with Crippen LogP contribution in [0.25, 0.3) is 10.8 Å². The van der Waals surface area contributed by atoms with E-state index >= 15 is 0 Å². The molecule has 0 radical (unpaired) electrons. The molecule has 1 fully saturated rings. The van der Waals surface area contributed by atoms with Crippen LogP contribution in [0.4, 0.5) is 4.39 Å². The van der Waals surface area contributed by atoms with E-state index < -0.39 is 27.8 Å². The first-order chi connectivity index (χ1) is 12.7. The summed E-state index contributed by atoms with van der Waals surface area (Å²) in [5.74, 6) is -1.09. The van der Waals surface area contributed by atoms with Gasteiger partial charge in [-0.15, -0.1) is 0 Å². The van der Waals surface area contributed by atoms with Crippen molar-refractivity contribution in [3.63, 3.8) is 0 Å². The summed E-state index contributed by atoms with van der Waals surface area (Å²) >= 11 is 0. The number of hydrogen-bond acceptors (Lipinski definition) is 5. The first-order valence-electron chi connectivity index (χ1n) is 8.51. The van der Waals surface area contributed by atoms with Crippen LogP contribution >= 0.6 is 0 Å². The van der Waals surface area contributed by atoms with Crippen molar-refractivity contribution >= 4 is 26.7 Å². The maximum absolute atomic E-state index is 14.4. The number of amides is 1. The molecule has 1 saturated heterocycles. The van der Waals surface area contributed by atoms with E-state index in [1.54, 1.807) is 19.1 Å². The molecule has 27 heavy (non-hydrogen) atoms. The zero-order valence-electron chi connectivity index (χ0n) is 14.9. The van der Waals surface area contributed by atoms with Gasteiger partial charge < -0.3 is 10.6 Å². The monoisotopic (exact) mass is 392 g/mol. The van der Waals surface area contributed by atoms with Gasteiger partial charge in [-0.2, -0.15) is 4.31 Å². The summed E-state index contributed by atoms with van der Waals surface area (Å²) in [5.41, 5.74) is 5.41. The van der Waals surface area contributed by atoms with Crippen molar-refractivity contribution in [1.29, 1.82) is 0 Å². The zero-order valence-corrected chi connectivity index (χ0v) is 15.7. The van der Waals surface area contributed by atoms with Crippen molar-refractivity contribution in [2.45, 2.75) is 24.3 Å². The molecule has 3 rings (SSSR count). The number of sulfonamides is 1. The minimum Gasteiger partial charge on any atom is -0.395 e. The smallest absolute Gasteiger partial charge is 0.269 e. The molecule has 1 aromatic heterocycles. The molecule has 1 aromatic carbocycles. The van der Waals surface area contributed by atoms with Crippen LogP contribution in [0.3, 0.4) is 0 Å². The largest absolute Gasteiger partial charge is 0.395 e. The summed E-state index contributed by atoms with van der Waals surface area (Å²) in [7, 11) is -3.98. The number of aromatic nitrogens is 1. The SMILES string of the molecule is C=C(N)C(=O)N1CCCN(S(=O)(=O)c2cccc3cncc(F)c23)[C@@H](C)C1. The molecule has 1 aliphatic heterocycles. The summed E-state index contributed by atoms with van der Waals surface area (Å²) < 4.78 is 42.3. The van der Waals surface area contributed by atoms with E-state index in [0.29, 0.717) is 18.4 Å². The molecule has 2 heterocycles. The van der Waals surface area contributed by atoms with E-state index in [1.807, 2.05) is 0 Å². The van der Waals surface area contributed by atoms with Crippen molar-refractivity contribution in [2.24, 2.45) is 5.73 Å². The fourth-order valence-electron chi connectivity index (χ4n) is 3.38. The lowest BCUT2D eigenvalue weighted by molar-refractivity contribution is -0.127. The van der Waals surface area contributed by atoms with Crippen LogP contribution in [0.15, 0.2) is 47.8 Å². The highest BCUT2D eigenvalue weighted by Crippen LogP contribution is 2.29. The Balaban J connectivity index is 2.01. The number of pyridine rings is 1. The van der Waals surface area contributed by atoms with Crippen LogP contribution in [0, 0.1) is 5.82 Å². The molecular formula is C18H21FN4O3S. The second-order valence-corrected chi connectivity index (χ2v) is 8.43. The van der Waals surface area contributed by atoms with E-state index in [2.05, 4.69) is 11.6 Å². The Hall–Kier alpha value is -2.52. The molecule has 0 unspecified atom stereocenters. The summed E-state index contributed by atoms with van der Waals surface area (Å²) in [4.78, 5) is 17.3. The number of carbonyl (C=O) groups is 1. The highest BCUT2D eigenvalue weighted by atomic mass is 32.2. The average Bonchev–Trinajstić information content (AvgIpc) is 2.82. The Morgan fingerprint density at radius 3 is 2.78 bits per heavy atom. The minimum atomic E-state index is -3.98. The number of hydrogen-bond donors (Lipinski definition) is 1. The Labute approximate surface area is 157 Å². The first-order valence-corrected chi connectivity index (χ1v) is 9.95. The standard InChI is InChI=1S/C18H21FN4O3S/c1-12-11-22(18(24)13(2)20)7-4-8-23(12)27(25,26)16-6-3-5-14-9-21-10-15(19)17(14)16/h3,5-6,9-10,12H,2,4,7-8,11,20H2,1H3/t12-/m0/s1. The molecule has 144 valence electrons. The second kappa shape index (κ2) is 7.24. The second-order valence-electron chi connectivity index (χ2n) is 6.57. The minimum absolute atomic E-state index is 0.0206. The quantitative estimate of drug-likeness (QED) is 0.798. The summed E-state index contributed by atoms with van der Waals surface area (Å²) in [6, 6.07) is 4.07. The fourth-order valence-corrected chi connectivity index (χ4v) is 5.27. The molecule has 9 heteroatoms. The molecule has 0 saturated carbocycles. The van der Waals surface area contributed by atoms with E-state index in [9.17, 15) is 17.6 Å². The topological polar surface area (TPSA) is 96.6 Å². The number of nitrogens with zero attached hydrogens (tertiary/aromatic N) is 3. The van der Waals surface area contributed by atoms with Gasteiger partial charge in [-0.1, -0.05) is 18.7 Å². The molecule has 0 aliphatic carbocycles. The van der Waals surface area contributed by atoms with Crippen LogP contribution in [-0.4, -0.2) is 54.2 Å². The molecule has 1 atom stereocenters. The Bertz CT molecular complexity index is 1000. The third-order valence-corrected chi connectivity index (χ3v) is 6.69. The number of benzene rings is 1. The third kappa shape index (κ3) is 3.52. The van der Waals surface area contributed by atoms with Gasteiger partial charge in [0, 0.05) is 42.6 Å². The maximum Gasteiger partial charge on any atom is 0.269 e. The van der Waals surface area contributed by atoms with Gasteiger partial charge in [0.05, 0.1) is 16.8 Å². The number of nitrogens with two attached hydrogens (primary N) is 1. The molecule has 7 nitrogen and oxygen atoms in total. The number of fused-ring (bicyclic) bond motifs is 1. The molecule has 2 aromatic rings. The number of rotatable bonds is 3. The molecule has 0 bridgehead atoms. The van der Waals surface area contributed by atoms with Gasteiger partial charge in [-0.05, 0) is 19.4 Å². The van der Waals surface area contributed by atoms with Crippen molar-refractivity contribution in [3.8, 4) is 0 Å². The van der Waals surface area contributed by atoms with Crippen LogP contribution in [0.5, 0.6) is 0 Å². The van der Waals surface area contributed by atoms with E-state index in [-0.39, 0.29) is 29.1 Å². The third-order valence-electron chi connectivity index (χ3n) is 4.63. The lowest BCUT2D eigenvalue weighted by Crippen LogP contribution is -2.44. The zero-order chi connectivity index (χ0) is 19.8. The van der Waals surface area contributed by atoms with Gasteiger partial charge in [0.15, 0.2) is 5.82 Å². The molecule has 0 spiro atoms. The van der Waals surface area contributed by atoms with Crippen LogP contribution in [-0.2, 0) is 14.8 Å². The van der Waals surface area contributed by atoms with Gasteiger partial charge in [-0.3, -0.25) is 9.78 Å². The van der Waals surface area contributed by atoms with Gasteiger partial charge >= 0.3 is 0 Å². The van der Waals surface area contributed by atoms with Gasteiger partial charge in [-0.25, -0.2) is 12.8 Å². The van der Waals surface area contributed by atoms with E-state index in [1.165, 1.54) is 21.5 Å². The lowest BCUT2D eigenvalue weighted by atomic mass is 10.2. The van der Waals surface area contributed by atoms with Crippen LogP contribution in [0.2, 0.25) is 0 Å². The predicted octanol–water partition coefficient (Wildman–Crippen LogP) is 1.46. The highest BCUT2D eigenvalue weighted by molar-refractivity contribution is 7.89.